The molecule has 4 rings (SSSR count). The number of aliphatic hydroxyl groups is 1. The van der Waals surface area contributed by atoms with Crippen molar-refractivity contribution < 1.29 is 5.11 Å². The molecule has 0 aromatic carbocycles. The standard InChI is InChI=1S/C19H26N6O/c26-17-5-9-24(10-6-17)18-4-8-21-19(22-18)25-13-11-23(12-14-25)15-16-3-1-2-7-20-16/h1-4,7-8,17,26H,5-6,9-15H2. The average molecular weight is 354 g/mol. The van der Waals surface area contributed by atoms with Crippen LogP contribution in [-0.4, -0.2) is 70.3 Å². The smallest absolute Gasteiger partial charge is 0.227 e. The minimum atomic E-state index is -0.167. The Morgan fingerprint density at radius 1 is 0.885 bits per heavy atom. The number of nitrogens with zero attached hydrogens (tertiary/aromatic N) is 6. The maximum absolute atomic E-state index is 9.69. The minimum absolute atomic E-state index is 0.167. The highest BCUT2D eigenvalue weighted by Crippen LogP contribution is 2.20. The molecule has 2 aliphatic heterocycles. The molecule has 0 spiro atoms. The summed E-state index contributed by atoms with van der Waals surface area (Å²) in [7, 11) is 0. The zero-order valence-corrected chi connectivity index (χ0v) is 15.0. The molecular formula is C19H26N6O. The van der Waals surface area contributed by atoms with E-state index in [9.17, 15) is 5.11 Å². The highest BCUT2D eigenvalue weighted by Gasteiger charge is 2.22. The fraction of sp³-hybridized carbons (Fsp3) is 0.526. The van der Waals surface area contributed by atoms with Gasteiger partial charge >= 0.3 is 0 Å². The third kappa shape index (κ3) is 4.11. The number of piperazine rings is 1. The van der Waals surface area contributed by atoms with Gasteiger partial charge in [0.05, 0.1) is 11.8 Å². The van der Waals surface area contributed by atoms with Gasteiger partial charge < -0.3 is 14.9 Å². The quantitative estimate of drug-likeness (QED) is 0.883. The van der Waals surface area contributed by atoms with E-state index in [1.165, 1.54) is 0 Å². The number of hydrogen-bond acceptors (Lipinski definition) is 7. The molecule has 7 heteroatoms. The molecule has 2 aliphatic rings. The molecule has 0 amide bonds. The summed E-state index contributed by atoms with van der Waals surface area (Å²) in [6.45, 7) is 6.43. The summed E-state index contributed by atoms with van der Waals surface area (Å²) in [4.78, 5) is 20.6. The van der Waals surface area contributed by atoms with Crippen LogP contribution in [0.25, 0.3) is 0 Å². The van der Waals surface area contributed by atoms with E-state index in [1.807, 2.05) is 30.6 Å². The molecule has 0 atom stereocenters. The Hall–Kier alpha value is -2.25. The van der Waals surface area contributed by atoms with E-state index in [4.69, 9.17) is 4.98 Å². The summed E-state index contributed by atoms with van der Waals surface area (Å²) in [5, 5.41) is 9.69. The van der Waals surface area contributed by atoms with Crippen molar-refractivity contribution in [3.63, 3.8) is 0 Å². The first-order chi connectivity index (χ1) is 12.8. The van der Waals surface area contributed by atoms with E-state index in [0.29, 0.717) is 0 Å². The van der Waals surface area contributed by atoms with Gasteiger partial charge in [0.1, 0.15) is 5.82 Å². The lowest BCUT2D eigenvalue weighted by Gasteiger charge is -2.35. The van der Waals surface area contributed by atoms with E-state index in [0.717, 1.165) is 76.1 Å². The topological polar surface area (TPSA) is 68.6 Å². The molecule has 138 valence electrons. The fourth-order valence-corrected chi connectivity index (χ4v) is 3.59. The van der Waals surface area contributed by atoms with Crippen molar-refractivity contribution in [3.05, 3.63) is 42.4 Å². The predicted molar refractivity (Wildman–Crippen MR) is 101 cm³/mol. The van der Waals surface area contributed by atoms with Gasteiger partial charge in [0.15, 0.2) is 0 Å². The van der Waals surface area contributed by atoms with Gasteiger partial charge in [-0.1, -0.05) is 6.07 Å². The van der Waals surface area contributed by atoms with E-state index in [-0.39, 0.29) is 6.10 Å². The largest absolute Gasteiger partial charge is 0.393 e. The van der Waals surface area contributed by atoms with Crippen LogP contribution in [0.4, 0.5) is 11.8 Å². The highest BCUT2D eigenvalue weighted by molar-refractivity contribution is 5.44. The zero-order valence-electron chi connectivity index (χ0n) is 15.0. The molecule has 0 unspecified atom stereocenters. The Morgan fingerprint density at radius 2 is 1.69 bits per heavy atom. The lowest BCUT2D eigenvalue weighted by Crippen LogP contribution is -2.46. The van der Waals surface area contributed by atoms with Crippen molar-refractivity contribution in [2.45, 2.75) is 25.5 Å². The molecule has 0 saturated carbocycles. The summed E-state index contributed by atoms with van der Waals surface area (Å²) in [6.07, 6.45) is 5.16. The van der Waals surface area contributed by atoms with Gasteiger partial charge in [-0.25, -0.2) is 4.98 Å². The molecule has 0 bridgehead atoms. The minimum Gasteiger partial charge on any atom is -0.393 e. The van der Waals surface area contributed by atoms with Crippen molar-refractivity contribution >= 4 is 11.8 Å². The Labute approximate surface area is 154 Å². The first-order valence-corrected chi connectivity index (χ1v) is 9.41. The van der Waals surface area contributed by atoms with Crippen LogP contribution in [0.15, 0.2) is 36.7 Å². The van der Waals surface area contributed by atoms with Crippen molar-refractivity contribution in [1.29, 1.82) is 0 Å². The number of piperidine rings is 1. The van der Waals surface area contributed by atoms with Crippen molar-refractivity contribution in [2.75, 3.05) is 49.1 Å². The van der Waals surface area contributed by atoms with Crippen molar-refractivity contribution in [2.24, 2.45) is 0 Å². The van der Waals surface area contributed by atoms with Crippen molar-refractivity contribution in [1.82, 2.24) is 19.9 Å². The molecule has 2 aromatic rings. The monoisotopic (exact) mass is 354 g/mol. The van der Waals surface area contributed by atoms with Gasteiger partial charge in [-0.05, 0) is 31.0 Å². The lowest BCUT2D eigenvalue weighted by atomic mass is 10.1. The van der Waals surface area contributed by atoms with E-state index in [1.54, 1.807) is 0 Å². The van der Waals surface area contributed by atoms with Gasteiger partial charge in [-0.2, -0.15) is 4.98 Å². The number of hydrogen-bond donors (Lipinski definition) is 1. The second-order valence-corrected chi connectivity index (χ2v) is 7.02. The summed E-state index contributed by atoms with van der Waals surface area (Å²) < 4.78 is 0. The van der Waals surface area contributed by atoms with Gasteiger partial charge in [-0.3, -0.25) is 9.88 Å². The molecule has 7 nitrogen and oxygen atoms in total. The molecule has 2 saturated heterocycles. The number of aromatic nitrogens is 3. The van der Waals surface area contributed by atoms with E-state index in [2.05, 4.69) is 30.7 Å². The SMILES string of the molecule is OC1CCN(c2ccnc(N3CCN(Cc4ccccn4)CC3)n2)CC1. The summed E-state index contributed by atoms with van der Waals surface area (Å²) >= 11 is 0. The number of pyridine rings is 1. The van der Waals surface area contributed by atoms with Crippen LogP contribution in [0.5, 0.6) is 0 Å². The number of anilines is 2. The predicted octanol–water partition coefficient (Wildman–Crippen LogP) is 1.15. The normalized spacial score (nSPS) is 19.7. The average Bonchev–Trinajstić information content (AvgIpc) is 2.70. The van der Waals surface area contributed by atoms with Gasteiger partial charge in [0.2, 0.25) is 5.95 Å². The Balaban J connectivity index is 1.35. The van der Waals surface area contributed by atoms with Gasteiger partial charge in [0, 0.05) is 58.2 Å². The van der Waals surface area contributed by atoms with Crippen LogP contribution < -0.4 is 9.80 Å². The molecule has 0 radical (unpaired) electrons. The lowest BCUT2D eigenvalue weighted by molar-refractivity contribution is 0.145. The first-order valence-electron chi connectivity index (χ1n) is 9.41. The van der Waals surface area contributed by atoms with E-state index < -0.39 is 0 Å². The Morgan fingerprint density at radius 3 is 2.42 bits per heavy atom. The van der Waals surface area contributed by atoms with Crippen LogP contribution in [-0.2, 0) is 6.54 Å². The van der Waals surface area contributed by atoms with Crippen LogP contribution in [0, 0.1) is 0 Å². The Kier molecular flexibility index (Phi) is 5.26. The fourth-order valence-electron chi connectivity index (χ4n) is 3.59. The van der Waals surface area contributed by atoms with Crippen LogP contribution >= 0.6 is 0 Å². The molecule has 4 heterocycles. The van der Waals surface area contributed by atoms with Gasteiger partial charge in [-0.15, -0.1) is 0 Å². The second-order valence-electron chi connectivity index (χ2n) is 7.02. The third-order valence-electron chi connectivity index (χ3n) is 5.18. The number of aliphatic hydroxyl groups excluding tert-OH is 1. The first kappa shape index (κ1) is 17.2. The summed E-state index contributed by atoms with van der Waals surface area (Å²) in [5.41, 5.74) is 1.12. The van der Waals surface area contributed by atoms with Crippen molar-refractivity contribution in [3.8, 4) is 0 Å². The van der Waals surface area contributed by atoms with E-state index >= 15 is 0 Å². The second kappa shape index (κ2) is 7.97. The highest BCUT2D eigenvalue weighted by atomic mass is 16.3. The maximum atomic E-state index is 9.69. The summed E-state index contributed by atoms with van der Waals surface area (Å²) in [6, 6.07) is 8.04. The summed E-state index contributed by atoms with van der Waals surface area (Å²) in [5.74, 6) is 1.78. The van der Waals surface area contributed by atoms with Crippen LogP contribution in [0.2, 0.25) is 0 Å². The molecular weight excluding hydrogens is 328 g/mol. The van der Waals surface area contributed by atoms with Crippen LogP contribution in [0.3, 0.4) is 0 Å². The number of rotatable bonds is 4. The zero-order chi connectivity index (χ0) is 17.8. The molecule has 2 aromatic heterocycles. The third-order valence-corrected chi connectivity index (χ3v) is 5.18. The molecule has 2 fully saturated rings. The molecule has 1 N–H and O–H groups in total. The Bertz CT molecular complexity index is 696. The molecule has 26 heavy (non-hydrogen) atoms. The van der Waals surface area contributed by atoms with Crippen LogP contribution in [0.1, 0.15) is 18.5 Å². The maximum Gasteiger partial charge on any atom is 0.227 e. The van der Waals surface area contributed by atoms with Gasteiger partial charge in [0.25, 0.3) is 0 Å². The molecule has 0 aliphatic carbocycles.